The van der Waals surface area contributed by atoms with Gasteiger partial charge in [0.25, 0.3) is 0 Å². The van der Waals surface area contributed by atoms with Crippen molar-refractivity contribution in [3.05, 3.63) is 65.9 Å². The number of carboxylic acids is 1. The van der Waals surface area contributed by atoms with E-state index in [1.165, 1.54) is 24.3 Å². The number of nitrogens with one attached hydrogen (secondary N) is 3. The van der Waals surface area contributed by atoms with Gasteiger partial charge in [0.15, 0.2) is 0 Å². The molecule has 2 aromatic carbocycles. The molecule has 2 fully saturated rings. The summed E-state index contributed by atoms with van der Waals surface area (Å²) in [5, 5.41) is 16.0. The predicted molar refractivity (Wildman–Crippen MR) is 158 cm³/mol. The van der Waals surface area contributed by atoms with Crippen LogP contribution in [0.15, 0.2) is 54.7 Å². The Morgan fingerprint density at radius 1 is 1.12 bits per heavy atom. The summed E-state index contributed by atoms with van der Waals surface area (Å²) in [6.07, 6.45) is 2.31. The number of amides is 5. The standard InChI is InChI=1S/C31H35N5O7/c1-31(2,3)43-29(41)34-24(15-19-17-32-22-11-5-4-10-21(19)22)27(38)33-23-12-7-13-35-25(23)16-26(37)36(30(35)42)20-9-6-8-18(14-20)28(39)40/h4-6,8-11,14,17,23-25,32H,7,12-13,15-16H2,1-3H3,(H,33,38)(H,34,41)(H,39,40)/t23?,24-,25?/m0/s1. The maximum absolute atomic E-state index is 13.8. The van der Waals surface area contributed by atoms with E-state index in [9.17, 15) is 29.1 Å². The lowest BCUT2D eigenvalue weighted by Gasteiger charge is -2.46. The Kier molecular flexibility index (Phi) is 8.12. The molecule has 3 heterocycles. The van der Waals surface area contributed by atoms with Crippen molar-refractivity contribution in [3.8, 4) is 0 Å². The number of hydrogen-bond donors (Lipinski definition) is 4. The minimum absolute atomic E-state index is 0.0391. The van der Waals surface area contributed by atoms with Crippen molar-refractivity contribution in [1.29, 1.82) is 0 Å². The van der Waals surface area contributed by atoms with Crippen LogP contribution in [-0.2, 0) is 20.7 Å². The number of carbonyl (C=O) groups excluding carboxylic acids is 4. The van der Waals surface area contributed by atoms with Gasteiger partial charge in [0.2, 0.25) is 11.8 Å². The van der Waals surface area contributed by atoms with E-state index < -0.39 is 53.6 Å². The number of carbonyl (C=O) groups is 5. The molecule has 0 bridgehead atoms. The number of benzene rings is 2. The first-order chi connectivity index (χ1) is 20.4. The van der Waals surface area contributed by atoms with Gasteiger partial charge >= 0.3 is 18.1 Å². The number of carboxylic acid groups (broad SMARTS) is 1. The van der Waals surface area contributed by atoms with Crippen molar-refractivity contribution in [1.82, 2.24) is 20.5 Å². The second-order valence-electron chi connectivity index (χ2n) is 11.9. The SMILES string of the molecule is CC(C)(C)OC(=O)N[C@@H](Cc1c[nH]c2ccccc12)C(=O)NC1CCCN2C(=O)N(c3cccc(C(=O)O)c3)C(=O)CC12. The van der Waals surface area contributed by atoms with Gasteiger partial charge in [-0.25, -0.2) is 19.3 Å². The zero-order valence-electron chi connectivity index (χ0n) is 24.3. The molecule has 2 unspecified atom stereocenters. The first kappa shape index (κ1) is 29.6. The molecule has 0 aliphatic carbocycles. The molecule has 2 aliphatic heterocycles. The molecule has 3 atom stereocenters. The van der Waals surface area contributed by atoms with Gasteiger partial charge in [0, 0.05) is 36.1 Å². The van der Waals surface area contributed by atoms with Crippen molar-refractivity contribution in [2.24, 2.45) is 0 Å². The fraction of sp³-hybridized carbons (Fsp3) is 0.387. The lowest BCUT2D eigenvalue weighted by atomic mass is 9.91. The minimum Gasteiger partial charge on any atom is -0.478 e. The number of hydrogen-bond acceptors (Lipinski definition) is 6. The largest absolute Gasteiger partial charge is 0.478 e. The summed E-state index contributed by atoms with van der Waals surface area (Å²) in [7, 11) is 0. The molecule has 12 heteroatoms. The van der Waals surface area contributed by atoms with E-state index in [-0.39, 0.29) is 24.1 Å². The Morgan fingerprint density at radius 2 is 1.88 bits per heavy atom. The number of H-pyrrole nitrogens is 1. The first-order valence-corrected chi connectivity index (χ1v) is 14.2. The van der Waals surface area contributed by atoms with Crippen LogP contribution in [0.4, 0.5) is 15.3 Å². The lowest BCUT2D eigenvalue weighted by molar-refractivity contribution is -0.126. The zero-order chi connectivity index (χ0) is 30.9. The van der Waals surface area contributed by atoms with Crippen molar-refractivity contribution >= 4 is 46.5 Å². The number of aromatic carboxylic acids is 1. The van der Waals surface area contributed by atoms with E-state index >= 15 is 0 Å². The second-order valence-corrected chi connectivity index (χ2v) is 11.9. The van der Waals surface area contributed by atoms with Gasteiger partial charge in [0.05, 0.1) is 23.7 Å². The van der Waals surface area contributed by atoms with Gasteiger partial charge in [-0.05, 0) is 63.4 Å². The molecular formula is C31H35N5O7. The fourth-order valence-electron chi connectivity index (χ4n) is 5.72. The summed E-state index contributed by atoms with van der Waals surface area (Å²) >= 11 is 0. The molecule has 5 amide bonds. The molecule has 1 aromatic heterocycles. The molecule has 3 aromatic rings. The summed E-state index contributed by atoms with van der Waals surface area (Å²) in [4.78, 5) is 70.5. The highest BCUT2D eigenvalue weighted by Gasteiger charge is 2.45. The third kappa shape index (κ3) is 6.47. The smallest absolute Gasteiger partial charge is 0.408 e. The first-order valence-electron chi connectivity index (χ1n) is 14.2. The predicted octanol–water partition coefficient (Wildman–Crippen LogP) is 3.81. The number of anilines is 1. The normalized spacial score (nSPS) is 19.5. The Labute approximate surface area is 248 Å². The maximum atomic E-state index is 13.8. The number of imide groups is 1. The van der Waals surface area contributed by atoms with Crippen LogP contribution in [0.1, 0.15) is 56.0 Å². The van der Waals surface area contributed by atoms with E-state index in [0.29, 0.717) is 19.4 Å². The van der Waals surface area contributed by atoms with Crippen LogP contribution < -0.4 is 15.5 Å². The number of urea groups is 1. The fourth-order valence-corrected chi connectivity index (χ4v) is 5.72. The van der Waals surface area contributed by atoms with E-state index in [0.717, 1.165) is 21.4 Å². The molecule has 5 rings (SSSR count). The van der Waals surface area contributed by atoms with Crippen molar-refractivity contribution in [3.63, 3.8) is 0 Å². The van der Waals surface area contributed by atoms with Crippen molar-refractivity contribution < 1.29 is 33.8 Å². The highest BCUT2D eigenvalue weighted by atomic mass is 16.6. The van der Waals surface area contributed by atoms with Gasteiger partial charge < -0.3 is 30.4 Å². The Balaban J connectivity index is 1.35. The molecule has 0 spiro atoms. The number of aromatic nitrogens is 1. The summed E-state index contributed by atoms with van der Waals surface area (Å²) in [6.45, 7) is 5.58. The molecule has 226 valence electrons. The van der Waals surface area contributed by atoms with E-state index in [2.05, 4.69) is 15.6 Å². The van der Waals surface area contributed by atoms with Gasteiger partial charge in [-0.3, -0.25) is 9.59 Å². The Bertz CT molecular complexity index is 1580. The number of aromatic amines is 1. The highest BCUT2D eigenvalue weighted by molar-refractivity contribution is 6.16. The van der Waals surface area contributed by atoms with Crippen LogP contribution in [0, 0.1) is 0 Å². The summed E-state index contributed by atoms with van der Waals surface area (Å²) in [5.74, 6) is -2.11. The van der Waals surface area contributed by atoms with Crippen molar-refractivity contribution in [2.75, 3.05) is 11.4 Å². The molecule has 2 aliphatic rings. The number of fused-ring (bicyclic) bond motifs is 2. The van der Waals surface area contributed by atoms with Crippen LogP contribution in [0.25, 0.3) is 10.9 Å². The van der Waals surface area contributed by atoms with Crippen LogP contribution in [0.3, 0.4) is 0 Å². The number of rotatable bonds is 7. The molecule has 43 heavy (non-hydrogen) atoms. The molecule has 4 N–H and O–H groups in total. The molecule has 12 nitrogen and oxygen atoms in total. The number of alkyl carbamates (subject to hydrolysis) is 1. The third-order valence-corrected chi connectivity index (χ3v) is 7.63. The molecule has 2 saturated heterocycles. The van der Waals surface area contributed by atoms with Gasteiger partial charge in [-0.15, -0.1) is 0 Å². The summed E-state index contributed by atoms with van der Waals surface area (Å²) in [6, 6.07) is 10.6. The third-order valence-electron chi connectivity index (χ3n) is 7.63. The quantitative estimate of drug-likeness (QED) is 0.326. The summed E-state index contributed by atoms with van der Waals surface area (Å²) in [5.41, 5.74) is 1.10. The average molecular weight is 590 g/mol. The Hall–Kier alpha value is -4.87. The van der Waals surface area contributed by atoms with E-state index in [1.54, 1.807) is 31.9 Å². The van der Waals surface area contributed by atoms with E-state index in [1.807, 2.05) is 24.3 Å². The van der Waals surface area contributed by atoms with Crippen LogP contribution in [0.5, 0.6) is 0 Å². The van der Waals surface area contributed by atoms with Crippen LogP contribution >= 0.6 is 0 Å². The van der Waals surface area contributed by atoms with Crippen molar-refractivity contribution in [2.45, 2.75) is 70.2 Å². The average Bonchev–Trinajstić information content (AvgIpc) is 3.35. The second kappa shape index (κ2) is 11.8. The topological polar surface area (TPSA) is 161 Å². The highest BCUT2D eigenvalue weighted by Crippen LogP contribution is 2.31. The maximum Gasteiger partial charge on any atom is 0.408 e. The number of nitrogens with zero attached hydrogens (tertiary/aromatic N) is 2. The van der Waals surface area contributed by atoms with Gasteiger partial charge in [-0.2, -0.15) is 0 Å². The molecular weight excluding hydrogens is 554 g/mol. The number of ether oxygens (including phenoxy) is 1. The van der Waals surface area contributed by atoms with Gasteiger partial charge in [-0.1, -0.05) is 24.3 Å². The van der Waals surface area contributed by atoms with Crippen LogP contribution in [-0.4, -0.2) is 75.2 Å². The monoisotopic (exact) mass is 589 g/mol. The number of piperidine rings is 1. The van der Waals surface area contributed by atoms with Gasteiger partial charge in [0.1, 0.15) is 11.6 Å². The zero-order valence-corrected chi connectivity index (χ0v) is 24.3. The van der Waals surface area contributed by atoms with E-state index in [4.69, 9.17) is 4.74 Å². The molecule has 0 saturated carbocycles. The number of para-hydroxylation sites is 1. The lowest BCUT2D eigenvalue weighted by Crippen LogP contribution is -2.66. The summed E-state index contributed by atoms with van der Waals surface area (Å²) < 4.78 is 5.43. The minimum atomic E-state index is -1.17. The Morgan fingerprint density at radius 3 is 2.63 bits per heavy atom. The van der Waals surface area contributed by atoms with Crippen LogP contribution in [0.2, 0.25) is 0 Å². The molecule has 0 radical (unpaired) electrons.